The second kappa shape index (κ2) is 10.3. The van der Waals surface area contributed by atoms with Crippen molar-refractivity contribution < 1.29 is 44.7 Å². The standard InChI is InChI=1S/C30H31N3O9/c1-33(2)19-9-16(12-32-11-13-3-5-14(6-4-13)29(40)41)24(35)22-18(19)8-15-7-17-10-20(34)23(28(31)39)27(38)30(17,42)26(37)21(15)25(22)36/h3-6,9,15,17,32,35-36,38,42H,7-8,10-12H2,1-2H3,(H2,31,39)(H,40,41)/t15-,17+,30+/m1/s1. The summed E-state index contributed by atoms with van der Waals surface area (Å²) in [5.74, 6) is -7.70. The third-order valence-corrected chi connectivity index (χ3v) is 8.45. The summed E-state index contributed by atoms with van der Waals surface area (Å²) in [5, 5.41) is 57.2. The minimum Gasteiger partial charge on any atom is -0.508 e. The number of aliphatic hydroxyl groups excluding tert-OH is 2. The van der Waals surface area contributed by atoms with Crippen LogP contribution in [0.3, 0.4) is 0 Å². The van der Waals surface area contributed by atoms with Crippen LogP contribution in [0.2, 0.25) is 0 Å². The molecule has 0 radical (unpaired) electrons. The van der Waals surface area contributed by atoms with E-state index in [1.807, 2.05) is 4.90 Å². The van der Waals surface area contributed by atoms with Crippen LogP contribution in [0.1, 0.15) is 45.5 Å². The van der Waals surface area contributed by atoms with Gasteiger partial charge in [0.15, 0.2) is 11.4 Å². The predicted octanol–water partition coefficient (Wildman–Crippen LogP) is 1.48. The second-order valence-electron chi connectivity index (χ2n) is 11.2. The lowest BCUT2D eigenvalue weighted by molar-refractivity contribution is -0.147. The number of carboxylic acid groups (broad SMARTS) is 1. The molecule has 0 aromatic heterocycles. The molecule has 0 spiro atoms. The van der Waals surface area contributed by atoms with Crippen LogP contribution in [0, 0.1) is 11.8 Å². The molecule has 1 saturated carbocycles. The van der Waals surface area contributed by atoms with Gasteiger partial charge in [-0.25, -0.2) is 4.79 Å². The minimum atomic E-state index is -2.62. The number of hydrogen-bond acceptors (Lipinski definition) is 10. The number of aromatic hydroxyl groups is 1. The van der Waals surface area contributed by atoms with E-state index in [4.69, 9.17) is 10.8 Å². The molecule has 8 N–H and O–H groups in total. The van der Waals surface area contributed by atoms with Crippen LogP contribution in [-0.2, 0) is 33.9 Å². The minimum absolute atomic E-state index is 0.0240. The van der Waals surface area contributed by atoms with Crippen molar-refractivity contribution in [3.8, 4) is 5.75 Å². The first kappa shape index (κ1) is 28.8. The molecule has 0 heterocycles. The van der Waals surface area contributed by atoms with E-state index in [0.29, 0.717) is 23.4 Å². The second-order valence-corrected chi connectivity index (χ2v) is 11.2. The lowest BCUT2D eigenvalue weighted by Crippen LogP contribution is -2.58. The number of benzene rings is 2. The van der Waals surface area contributed by atoms with E-state index in [-0.39, 0.29) is 48.3 Å². The van der Waals surface area contributed by atoms with Crippen LogP contribution in [-0.4, -0.2) is 68.7 Å². The number of rotatable bonds is 7. The summed E-state index contributed by atoms with van der Waals surface area (Å²) in [5.41, 5.74) is 4.25. The number of aliphatic hydroxyl groups is 3. The highest BCUT2D eigenvalue weighted by molar-refractivity contribution is 6.22. The number of amides is 1. The molecule has 12 nitrogen and oxygen atoms in total. The van der Waals surface area contributed by atoms with Gasteiger partial charge in [0.2, 0.25) is 5.78 Å². The molecular weight excluding hydrogens is 546 g/mol. The first-order valence-electron chi connectivity index (χ1n) is 13.3. The van der Waals surface area contributed by atoms with E-state index < -0.39 is 58.0 Å². The van der Waals surface area contributed by atoms with Crippen LogP contribution in [0.25, 0.3) is 5.76 Å². The normalized spacial score (nSPS) is 23.3. The first-order chi connectivity index (χ1) is 19.8. The quantitative estimate of drug-likeness (QED) is 0.234. The maximum absolute atomic E-state index is 13.8. The van der Waals surface area contributed by atoms with Crippen LogP contribution < -0.4 is 16.0 Å². The van der Waals surface area contributed by atoms with Crippen LogP contribution >= 0.6 is 0 Å². The highest BCUT2D eigenvalue weighted by Crippen LogP contribution is 2.53. The number of nitrogens with one attached hydrogen (secondary N) is 1. The van der Waals surface area contributed by atoms with Gasteiger partial charge in [-0.1, -0.05) is 12.1 Å². The summed E-state index contributed by atoms with van der Waals surface area (Å²) >= 11 is 0. The summed E-state index contributed by atoms with van der Waals surface area (Å²) in [6, 6.07) is 8.09. The Morgan fingerprint density at radius 1 is 1.07 bits per heavy atom. The number of phenolic OH excluding ortho intramolecular Hbond substituents is 1. The number of carbonyl (C=O) groups excluding carboxylic acids is 3. The molecule has 12 heteroatoms. The molecule has 0 bridgehead atoms. The number of primary amides is 1. The van der Waals surface area contributed by atoms with Crippen molar-refractivity contribution in [1.82, 2.24) is 5.32 Å². The Hall–Kier alpha value is -4.68. The predicted molar refractivity (Wildman–Crippen MR) is 150 cm³/mol. The number of nitrogens with zero attached hydrogens (tertiary/aromatic N) is 1. The number of anilines is 1. The van der Waals surface area contributed by atoms with Gasteiger partial charge >= 0.3 is 5.97 Å². The van der Waals surface area contributed by atoms with Gasteiger partial charge in [0.25, 0.3) is 5.91 Å². The largest absolute Gasteiger partial charge is 0.508 e. The third-order valence-electron chi connectivity index (χ3n) is 8.45. The number of nitrogens with two attached hydrogens (primary N) is 1. The Morgan fingerprint density at radius 3 is 2.33 bits per heavy atom. The molecule has 1 amide bonds. The SMILES string of the molecule is CN(C)c1cc(CNCc2ccc(C(=O)O)cc2)c(O)c2c1C[C@H]1C[C@H]3CC(=O)C(C(N)=O)=C(O)[C@@]3(O)C(=O)C1=C2O. The highest BCUT2D eigenvalue weighted by Gasteiger charge is 2.60. The van der Waals surface area contributed by atoms with E-state index in [1.54, 1.807) is 32.3 Å². The van der Waals surface area contributed by atoms with Gasteiger partial charge in [-0.15, -0.1) is 0 Å². The Kier molecular flexibility index (Phi) is 7.07. The molecule has 2 aromatic rings. The number of carboxylic acids is 1. The Bertz CT molecular complexity index is 1610. The molecule has 42 heavy (non-hydrogen) atoms. The number of ketones is 2. The van der Waals surface area contributed by atoms with Crippen molar-refractivity contribution >= 4 is 34.9 Å². The van der Waals surface area contributed by atoms with Gasteiger partial charge in [-0.3, -0.25) is 14.4 Å². The number of aromatic carboxylic acids is 1. The molecule has 0 unspecified atom stereocenters. The monoisotopic (exact) mass is 577 g/mol. The lowest BCUT2D eigenvalue weighted by atomic mass is 9.59. The highest BCUT2D eigenvalue weighted by atomic mass is 16.4. The topological polar surface area (TPSA) is 211 Å². The van der Waals surface area contributed by atoms with Gasteiger partial charge in [0.1, 0.15) is 22.8 Å². The number of fused-ring (bicyclic) bond motifs is 3. The van der Waals surface area contributed by atoms with Gasteiger partial charge in [-0.2, -0.15) is 0 Å². The van der Waals surface area contributed by atoms with Crippen LogP contribution in [0.4, 0.5) is 5.69 Å². The molecule has 0 saturated heterocycles. The molecule has 0 aliphatic heterocycles. The maximum Gasteiger partial charge on any atom is 0.335 e. The summed E-state index contributed by atoms with van der Waals surface area (Å²) in [7, 11) is 3.59. The van der Waals surface area contributed by atoms with Gasteiger partial charge < -0.3 is 41.5 Å². The molecule has 3 atom stereocenters. The molecule has 3 aliphatic carbocycles. The zero-order chi connectivity index (χ0) is 30.7. The fraction of sp³-hybridized carbons (Fsp3) is 0.333. The van der Waals surface area contributed by atoms with Crippen molar-refractivity contribution in [2.24, 2.45) is 17.6 Å². The van der Waals surface area contributed by atoms with Crippen molar-refractivity contribution in [3.63, 3.8) is 0 Å². The molecule has 2 aromatic carbocycles. The van der Waals surface area contributed by atoms with Crippen molar-refractivity contribution in [2.45, 2.75) is 38.0 Å². The zero-order valence-corrected chi connectivity index (χ0v) is 23.0. The van der Waals surface area contributed by atoms with Gasteiger partial charge in [0, 0.05) is 56.3 Å². The average molecular weight is 578 g/mol. The fourth-order valence-corrected chi connectivity index (χ4v) is 6.36. The van der Waals surface area contributed by atoms with E-state index >= 15 is 0 Å². The summed E-state index contributed by atoms with van der Waals surface area (Å²) < 4.78 is 0. The Morgan fingerprint density at radius 2 is 1.74 bits per heavy atom. The molecule has 220 valence electrons. The van der Waals surface area contributed by atoms with E-state index in [2.05, 4.69) is 5.32 Å². The van der Waals surface area contributed by atoms with Crippen LogP contribution in [0.5, 0.6) is 5.75 Å². The summed E-state index contributed by atoms with van der Waals surface area (Å²) in [4.78, 5) is 51.1. The maximum atomic E-state index is 13.8. The van der Waals surface area contributed by atoms with Gasteiger partial charge in [-0.05, 0) is 48.1 Å². The number of hydrogen-bond donors (Lipinski definition) is 7. The van der Waals surface area contributed by atoms with E-state index in [9.17, 15) is 39.6 Å². The Labute approximate surface area is 240 Å². The number of phenols is 1. The number of carbonyl (C=O) groups is 4. The van der Waals surface area contributed by atoms with Crippen molar-refractivity contribution in [1.29, 1.82) is 0 Å². The van der Waals surface area contributed by atoms with Crippen LogP contribution in [0.15, 0.2) is 47.2 Å². The summed E-state index contributed by atoms with van der Waals surface area (Å²) in [6.45, 7) is 0.503. The average Bonchev–Trinajstić information content (AvgIpc) is 2.91. The van der Waals surface area contributed by atoms with Crippen molar-refractivity contribution in [2.75, 3.05) is 19.0 Å². The molecule has 1 fully saturated rings. The Balaban J connectivity index is 1.53. The lowest BCUT2D eigenvalue weighted by Gasteiger charge is -2.46. The molecule has 5 rings (SSSR count). The van der Waals surface area contributed by atoms with E-state index in [0.717, 1.165) is 5.56 Å². The first-order valence-corrected chi connectivity index (χ1v) is 13.3. The van der Waals surface area contributed by atoms with Crippen molar-refractivity contribution in [3.05, 3.63) is 75.1 Å². The smallest absolute Gasteiger partial charge is 0.335 e. The number of Topliss-reactive ketones (excluding diaryl/α,β-unsaturated/α-hetero) is 2. The zero-order valence-electron chi connectivity index (χ0n) is 23.0. The third kappa shape index (κ3) is 4.39. The van der Waals surface area contributed by atoms with Gasteiger partial charge in [0.05, 0.1) is 11.1 Å². The fourth-order valence-electron chi connectivity index (χ4n) is 6.36. The van der Waals surface area contributed by atoms with E-state index in [1.165, 1.54) is 12.1 Å². The molecule has 3 aliphatic rings. The summed E-state index contributed by atoms with van der Waals surface area (Å²) in [6.07, 6.45) is -0.114. The molecular formula is C30H31N3O9.